The number of amides is 1. The molecule has 0 aliphatic heterocycles. The average molecular weight is 280 g/mol. The smallest absolute Gasteiger partial charge is 0.248 e. The molecule has 0 spiro atoms. The Balaban J connectivity index is 1.72. The van der Waals surface area contributed by atoms with Gasteiger partial charge in [0, 0.05) is 24.2 Å². The van der Waals surface area contributed by atoms with Gasteiger partial charge in [0.25, 0.3) is 0 Å². The van der Waals surface area contributed by atoms with Crippen molar-refractivity contribution in [3.8, 4) is 0 Å². The molecule has 5 heteroatoms. The summed E-state index contributed by atoms with van der Waals surface area (Å²) >= 11 is 0. The summed E-state index contributed by atoms with van der Waals surface area (Å²) in [5, 5.41) is 3.12. The second-order valence-corrected chi connectivity index (χ2v) is 5.12. The van der Waals surface area contributed by atoms with E-state index in [0.29, 0.717) is 36.9 Å². The van der Waals surface area contributed by atoms with Crippen LogP contribution < -0.4 is 11.1 Å². The van der Waals surface area contributed by atoms with Gasteiger partial charge in [-0.1, -0.05) is 12.8 Å². The molecule has 1 aliphatic carbocycles. The molecule has 1 aromatic rings. The van der Waals surface area contributed by atoms with E-state index >= 15 is 0 Å². The molecule has 0 saturated heterocycles. The van der Waals surface area contributed by atoms with Gasteiger partial charge < -0.3 is 15.8 Å². The predicted molar refractivity (Wildman–Crippen MR) is 74.8 cm³/mol. The lowest BCUT2D eigenvalue weighted by Gasteiger charge is -2.12. The van der Waals surface area contributed by atoms with Crippen LogP contribution in [-0.2, 0) is 11.3 Å². The summed E-state index contributed by atoms with van der Waals surface area (Å²) in [6.45, 7) is 1.65. The number of carbonyl (C=O) groups is 1. The molecule has 0 heterocycles. The fourth-order valence-corrected chi connectivity index (χ4v) is 2.44. The second-order valence-electron chi connectivity index (χ2n) is 5.12. The zero-order valence-corrected chi connectivity index (χ0v) is 11.5. The SMILES string of the molecule is NC(=O)c1ccc(F)c(CNCCOC2CCCC2)c1. The highest BCUT2D eigenvalue weighted by atomic mass is 19.1. The van der Waals surface area contributed by atoms with Crippen molar-refractivity contribution < 1.29 is 13.9 Å². The molecule has 1 fully saturated rings. The van der Waals surface area contributed by atoms with Gasteiger partial charge in [0.15, 0.2) is 0 Å². The van der Waals surface area contributed by atoms with Gasteiger partial charge in [-0.2, -0.15) is 0 Å². The second kappa shape index (κ2) is 7.36. The lowest BCUT2D eigenvalue weighted by atomic mass is 10.1. The Bertz CT molecular complexity index is 459. The van der Waals surface area contributed by atoms with Crippen LogP contribution in [0.4, 0.5) is 4.39 Å². The van der Waals surface area contributed by atoms with Crippen molar-refractivity contribution in [2.24, 2.45) is 5.73 Å². The molecule has 20 heavy (non-hydrogen) atoms. The molecule has 1 aromatic carbocycles. The van der Waals surface area contributed by atoms with E-state index in [-0.39, 0.29) is 5.82 Å². The molecular formula is C15H21FN2O2. The number of primary amides is 1. The van der Waals surface area contributed by atoms with Crippen LogP contribution in [0.1, 0.15) is 41.6 Å². The highest BCUT2D eigenvalue weighted by Gasteiger charge is 2.14. The Morgan fingerprint density at radius 1 is 1.40 bits per heavy atom. The van der Waals surface area contributed by atoms with E-state index in [1.54, 1.807) is 0 Å². The van der Waals surface area contributed by atoms with E-state index < -0.39 is 5.91 Å². The van der Waals surface area contributed by atoms with Gasteiger partial charge in [0.2, 0.25) is 5.91 Å². The summed E-state index contributed by atoms with van der Waals surface area (Å²) in [5.41, 5.74) is 5.95. The summed E-state index contributed by atoms with van der Waals surface area (Å²) in [6, 6.07) is 4.15. The minimum Gasteiger partial charge on any atom is -0.377 e. The largest absolute Gasteiger partial charge is 0.377 e. The molecule has 0 aromatic heterocycles. The first-order valence-corrected chi connectivity index (χ1v) is 7.07. The number of carbonyl (C=O) groups excluding carboxylic acids is 1. The van der Waals surface area contributed by atoms with Crippen LogP contribution in [0.15, 0.2) is 18.2 Å². The monoisotopic (exact) mass is 280 g/mol. The van der Waals surface area contributed by atoms with E-state index in [9.17, 15) is 9.18 Å². The molecule has 3 N–H and O–H groups in total. The summed E-state index contributed by atoms with van der Waals surface area (Å²) in [5.74, 6) is -0.880. The fourth-order valence-electron chi connectivity index (χ4n) is 2.44. The van der Waals surface area contributed by atoms with Crippen molar-refractivity contribution in [1.82, 2.24) is 5.32 Å². The van der Waals surface area contributed by atoms with Crippen LogP contribution in [0.2, 0.25) is 0 Å². The van der Waals surface area contributed by atoms with Gasteiger partial charge in [-0.3, -0.25) is 4.79 Å². The lowest BCUT2D eigenvalue weighted by Crippen LogP contribution is -2.22. The third-order valence-electron chi connectivity index (χ3n) is 3.58. The van der Waals surface area contributed by atoms with Crippen molar-refractivity contribution in [3.05, 3.63) is 35.1 Å². The number of halogens is 1. The molecule has 110 valence electrons. The highest BCUT2D eigenvalue weighted by molar-refractivity contribution is 5.92. The minimum atomic E-state index is -0.546. The van der Waals surface area contributed by atoms with Gasteiger partial charge in [-0.25, -0.2) is 4.39 Å². The van der Waals surface area contributed by atoms with Gasteiger partial charge in [0.1, 0.15) is 5.82 Å². The summed E-state index contributed by atoms with van der Waals surface area (Å²) in [7, 11) is 0. The molecule has 1 saturated carbocycles. The molecular weight excluding hydrogens is 259 g/mol. The molecule has 0 atom stereocenters. The van der Waals surface area contributed by atoms with Gasteiger partial charge in [-0.05, 0) is 31.0 Å². The quantitative estimate of drug-likeness (QED) is 0.751. The van der Waals surface area contributed by atoms with Crippen LogP contribution in [-0.4, -0.2) is 25.2 Å². The first kappa shape index (κ1) is 14.9. The van der Waals surface area contributed by atoms with Crippen molar-refractivity contribution in [2.45, 2.75) is 38.3 Å². The zero-order valence-electron chi connectivity index (χ0n) is 11.5. The summed E-state index contributed by atoms with van der Waals surface area (Å²) in [4.78, 5) is 11.0. The number of benzene rings is 1. The van der Waals surface area contributed by atoms with E-state index in [2.05, 4.69) is 5.32 Å². The Hall–Kier alpha value is -1.46. The topological polar surface area (TPSA) is 64.4 Å². The zero-order chi connectivity index (χ0) is 14.4. The van der Waals surface area contributed by atoms with Crippen molar-refractivity contribution in [2.75, 3.05) is 13.2 Å². The molecule has 1 aliphatic rings. The fraction of sp³-hybridized carbons (Fsp3) is 0.533. The third-order valence-corrected chi connectivity index (χ3v) is 3.58. The molecule has 0 bridgehead atoms. The maximum absolute atomic E-state index is 13.6. The van der Waals surface area contributed by atoms with Crippen LogP contribution >= 0.6 is 0 Å². The normalized spacial score (nSPS) is 15.7. The first-order chi connectivity index (χ1) is 9.66. The Morgan fingerprint density at radius 2 is 2.15 bits per heavy atom. The number of nitrogens with two attached hydrogens (primary N) is 1. The Labute approximate surface area is 118 Å². The molecule has 0 radical (unpaired) electrons. The van der Waals surface area contributed by atoms with E-state index in [4.69, 9.17) is 10.5 Å². The average Bonchev–Trinajstić information content (AvgIpc) is 2.93. The lowest BCUT2D eigenvalue weighted by molar-refractivity contribution is 0.0602. The van der Waals surface area contributed by atoms with E-state index in [1.165, 1.54) is 31.0 Å². The van der Waals surface area contributed by atoms with Crippen molar-refractivity contribution in [1.29, 1.82) is 0 Å². The van der Waals surface area contributed by atoms with Gasteiger partial charge in [-0.15, -0.1) is 0 Å². The molecule has 1 amide bonds. The van der Waals surface area contributed by atoms with Crippen LogP contribution in [0.3, 0.4) is 0 Å². The number of ether oxygens (including phenoxy) is 1. The Morgan fingerprint density at radius 3 is 2.85 bits per heavy atom. The molecule has 0 unspecified atom stereocenters. The third kappa shape index (κ3) is 4.28. The summed E-state index contributed by atoms with van der Waals surface area (Å²) in [6.07, 6.45) is 5.20. The highest BCUT2D eigenvalue weighted by Crippen LogP contribution is 2.20. The van der Waals surface area contributed by atoms with Crippen LogP contribution in [0.5, 0.6) is 0 Å². The van der Waals surface area contributed by atoms with E-state index in [1.807, 2.05) is 0 Å². The first-order valence-electron chi connectivity index (χ1n) is 7.07. The predicted octanol–water partition coefficient (Wildman–Crippen LogP) is 1.97. The van der Waals surface area contributed by atoms with Gasteiger partial charge in [0.05, 0.1) is 12.7 Å². The Kier molecular flexibility index (Phi) is 5.49. The van der Waals surface area contributed by atoms with Crippen molar-refractivity contribution >= 4 is 5.91 Å². The minimum absolute atomic E-state index is 0.324. The van der Waals surface area contributed by atoms with Crippen LogP contribution in [0.25, 0.3) is 0 Å². The van der Waals surface area contributed by atoms with E-state index in [0.717, 1.165) is 12.8 Å². The van der Waals surface area contributed by atoms with Gasteiger partial charge >= 0.3 is 0 Å². The summed E-state index contributed by atoms with van der Waals surface area (Å²) < 4.78 is 19.3. The molecule has 2 rings (SSSR count). The maximum atomic E-state index is 13.6. The standard InChI is InChI=1S/C15H21FN2O2/c16-14-6-5-11(15(17)19)9-12(14)10-18-7-8-20-13-3-1-2-4-13/h5-6,9,13,18H,1-4,7-8,10H2,(H2,17,19). The molecule has 4 nitrogen and oxygen atoms in total. The number of rotatable bonds is 7. The van der Waals surface area contributed by atoms with Crippen LogP contribution in [0, 0.1) is 5.82 Å². The number of hydrogen-bond acceptors (Lipinski definition) is 3. The van der Waals surface area contributed by atoms with Crippen molar-refractivity contribution in [3.63, 3.8) is 0 Å². The number of nitrogens with one attached hydrogen (secondary N) is 1. The maximum Gasteiger partial charge on any atom is 0.248 e. The number of hydrogen-bond donors (Lipinski definition) is 2.